The molecule has 4 heteroatoms. The molecule has 0 fully saturated rings. The molecule has 0 rings (SSSR count). The van der Waals surface area contributed by atoms with E-state index in [2.05, 4.69) is 5.32 Å². The maximum Gasteiger partial charge on any atom is 0.102 e. The van der Waals surface area contributed by atoms with Crippen LogP contribution in [0, 0.1) is 0 Å². The molecule has 0 aliphatic rings. The van der Waals surface area contributed by atoms with Gasteiger partial charge in [0.1, 0.15) is 6.67 Å². The predicted octanol–water partition coefficient (Wildman–Crippen LogP) is -1.10. The minimum absolute atomic E-state index is 0.233. The van der Waals surface area contributed by atoms with Crippen molar-refractivity contribution in [3.05, 3.63) is 0 Å². The van der Waals surface area contributed by atoms with Gasteiger partial charge in [-0.25, -0.2) is 4.39 Å². The van der Waals surface area contributed by atoms with Crippen LogP contribution in [0.2, 0.25) is 0 Å². The van der Waals surface area contributed by atoms with Crippen LogP contribution < -0.4 is 5.32 Å². The van der Waals surface area contributed by atoms with Crippen LogP contribution in [0.1, 0.15) is 0 Å². The van der Waals surface area contributed by atoms with Crippen molar-refractivity contribution < 1.29 is 14.6 Å². The summed E-state index contributed by atoms with van der Waals surface area (Å²) in [6.45, 7) is -0.241. The first kappa shape index (κ1) is 8.81. The van der Waals surface area contributed by atoms with Gasteiger partial charge in [-0.2, -0.15) is 0 Å². The van der Waals surface area contributed by atoms with Crippen molar-refractivity contribution in [2.45, 2.75) is 6.10 Å². The average Bonchev–Trinajstić information content (AvgIpc) is 1.89. The first-order chi connectivity index (χ1) is 4.31. The summed E-state index contributed by atoms with van der Waals surface area (Å²) in [6.07, 6.45) is -0.767. The number of hydrogen-bond donors (Lipinski definition) is 3. The van der Waals surface area contributed by atoms with Crippen LogP contribution in [-0.4, -0.2) is 42.7 Å². The lowest BCUT2D eigenvalue weighted by Gasteiger charge is -2.05. The quantitative estimate of drug-likeness (QED) is 0.421. The molecule has 0 saturated heterocycles. The summed E-state index contributed by atoms with van der Waals surface area (Å²) in [5.41, 5.74) is 0. The zero-order valence-corrected chi connectivity index (χ0v) is 5.18. The molecule has 9 heavy (non-hydrogen) atoms. The second kappa shape index (κ2) is 5.94. The van der Waals surface area contributed by atoms with Gasteiger partial charge in [0.2, 0.25) is 0 Å². The van der Waals surface area contributed by atoms with Crippen molar-refractivity contribution in [3.8, 4) is 0 Å². The second-order valence-electron chi connectivity index (χ2n) is 1.73. The highest BCUT2D eigenvalue weighted by molar-refractivity contribution is 4.55. The van der Waals surface area contributed by atoms with Gasteiger partial charge in [-0.05, 0) is 0 Å². The zero-order valence-electron chi connectivity index (χ0n) is 5.18. The monoisotopic (exact) mass is 137 g/mol. The van der Waals surface area contributed by atoms with E-state index in [0.717, 1.165) is 0 Å². The summed E-state index contributed by atoms with van der Waals surface area (Å²) < 4.78 is 11.3. The molecule has 0 aliphatic heterocycles. The third kappa shape index (κ3) is 5.68. The number of hydrogen-bond acceptors (Lipinski definition) is 3. The van der Waals surface area contributed by atoms with Crippen LogP contribution in [-0.2, 0) is 0 Å². The molecule has 0 aliphatic carbocycles. The molecule has 0 spiro atoms. The molecule has 3 N–H and O–H groups in total. The number of aliphatic hydroxyl groups is 2. The van der Waals surface area contributed by atoms with E-state index in [1.54, 1.807) is 0 Å². The molecule has 1 atom stereocenters. The average molecular weight is 137 g/mol. The van der Waals surface area contributed by atoms with E-state index in [9.17, 15) is 4.39 Å². The second-order valence-corrected chi connectivity index (χ2v) is 1.73. The van der Waals surface area contributed by atoms with E-state index in [-0.39, 0.29) is 19.7 Å². The maximum absolute atomic E-state index is 11.3. The van der Waals surface area contributed by atoms with Crippen LogP contribution in [0.15, 0.2) is 0 Å². The Labute approximate surface area is 53.5 Å². The number of rotatable bonds is 5. The summed E-state index contributed by atoms with van der Waals surface area (Å²) in [4.78, 5) is 0. The molecule has 3 nitrogen and oxygen atoms in total. The standard InChI is InChI=1S/C5H12FNO2/c6-1-2-7-3-5(9)4-8/h5,7-9H,1-4H2. The smallest absolute Gasteiger partial charge is 0.102 e. The van der Waals surface area contributed by atoms with Crippen LogP contribution in [0.25, 0.3) is 0 Å². The van der Waals surface area contributed by atoms with Crippen LogP contribution in [0.5, 0.6) is 0 Å². The van der Waals surface area contributed by atoms with Crippen LogP contribution in [0.4, 0.5) is 4.39 Å². The van der Waals surface area contributed by atoms with E-state index in [0.29, 0.717) is 0 Å². The minimum Gasteiger partial charge on any atom is -0.394 e. The zero-order chi connectivity index (χ0) is 7.11. The maximum atomic E-state index is 11.3. The topological polar surface area (TPSA) is 52.5 Å². The van der Waals surface area contributed by atoms with Gasteiger partial charge in [0, 0.05) is 13.1 Å². The van der Waals surface area contributed by atoms with Gasteiger partial charge in [0.15, 0.2) is 0 Å². The van der Waals surface area contributed by atoms with Crippen LogP contribution in [0.3, 0.4) is 0 Å². The number of nitrogens with one attached hydrogen (secondary N) is 1. The largest absolute Gasteiger partial charge is 0.394 e. The highest BCUT2D eigenvalue weighted by atomic mass is 19.1. The van der Waals surface area contributed by atoms with Gasteiger partial charge in [0.05, 0.1) is 12.7 Å². The van der Waals surface area contributed by atoms with E-state index in [4.69, 9.17) is 10.2 Å². The Morgan fingerprint density at radius 2 is 2.22 bits per heavy atom. The highest BCUT2D eigenvalue weighted by Crippen LogP contribution is 1.75. The molecule has 0 saturated carbocycles. The van der Waals surface area contributed by atoms with Gasteiger partial charge in [0.25, 0.3) is 0 Å². The van der Waals surface area contributed by atoms with Crippen molar-refractivity contribution in [1.29, 1.82) is 0 Å². The summed E-state index contributed by atoms with van der Waals surface area (Å²) >= 11 is 0. The van der Waals surface area contributed by atoms with Gasteiger partial charge in [-0.3, -0.25) is 0 Å². The summed E-state index contributed by atoms with van der Waals surface area (Å²) in [5, 5.41) is 19.5. The molecule has 0 heterocycles. The number of alkyl halides is 1. The molecule has 0 aromatic carbocycles. The van der Waals surface area contributed by atoms with Gasteiger partial charge >= 0.3 is 0 Å². The molecule has 0 bridgehead atoms. The summed E-state index contributed by atoms with van der Waals surface area (Å²) in [5.74, 6) is 0. The van der Waals surface area contributed by atoms with E-state index < -0.39 is 12.8 Å². The first-order valence-electron chi connectivity index (χ1n) is 2.87. The molecule has 0 radical (unpaired) electrons. The predicted molar refractivity (Wildman–Crippen MR) is 31.9 cm³/mol. The van der Waals surface area contributed by atoms with Crippen molar-refractivity contribution in [3.63, 3.8) is 0 Å². The van der Waals surface area contributed by atoms with Gasteiger partial charge < -0.3 is 15.5 Å². The van der Waals surface area contributed by atoms with Crippen molar-refractivity contribution in [2.24, 2.45) is 0 Å². The van der Waals surface area contributed by atoms with Crippen molar-refractivity contribution >= 4 is 0 Å². The lowest BCUT2D eigenvalue weighted by Crippen LogP contribution is -2.30. The number of aliphatic hydroxyl groups excluding tert-OH is 2. The molecular weight excluding hydrogens is 125 g/mol. The Bertz CT molecular complexity index is 62.9. The molecule has 0 amide bonds. The Morgan fingerprint density at radius 3 is 2.67 bits per heavy atom. The Balaban J connectivity index is 2.88. The molecule has 0 aromatic rings. The van der Waals surface area contributed by atoms with Crippen LogP contribution >= 0.6 is 0 Å². The summed E-state index contributed by atoms with van der Waals surface area (Å²) in [6, 6.07) is 0. The van der Waals surface area contributed by atoms with Gasteiger partial charge in [-0.1, -0.05) is 0 Å². The molecule has 0 aromatic heterocycles. The molecule has 1 unspecified atom stereocenters. The van der Waals surface area contributed by atoms with Crippen molar-refractivity contribution in [1.82, 2.24) is 5.32 Å². The Hall–Kier alpha value is -0.190. The summed E-state index contributed by atoms with van der Waals surface area (Å²) in [7, 11) is 0. The number of halogens is 1. The fraction of sp³-hybridized carbons (Fsp3) is 1.00. The normalized spacial score (nSPS) is 13.7. The Kier molecular flexibility index (Phi) is 5.81. The fourth-order valence-corrected chi connectivity index (χ4v) is 0.400. The molecular formula is C5H12FNO2. The lowest BCUT2D eigenvalue weighted by atomic mass is 10.4. The van der Waals surface area contributed by atoms with E-state index >= 15 is 0 Å². The third-order valence-corrected chi connectivity index (χ3v) is 0.862. The van der Waals surface area contributed by atoms with Gasteiger partial charge in [-0.15, -0.1) is 0 Å². The fourth-order valence-electron chi connectivity index (χ4n) is 0.400. The first-order valence-corrected chi connectivity index (χ1v) is 2.87. The lowest BCUT2D eigenvalue weighted by molar-refractivity contribution is 0.0942. The minimum atomic E-state index is -0.767. The third-order valence-electron chi connectivity index (χ3n) is 0.862. The van der Waals surface area contributed by atoms with E-state index in [1.165, 1.54) is 0 Å². The van der Waals surface area contributed by atoms with Crippen molar-refractivity contribution in [2.75, 3.05) is 26.4 Å². The molecule has 56 valence electrons. The SMILES string of the molecule is OCC(O)CNCCF. The Morgan fingerprint density at radius 1 is 1.56 bits per heavy atom. The highest BCUT2D eigenvalue weighted by Gasteiger charge is 1.98. The van der Waals surface area contributed by atoms with E-state index in [1.807, 2.05) is 0 Å².